The van der Waals surface area contributed by atoms with Gasteiger partial charge < -0.3 is 14.5 Å². The molecule has 0 aliphatic carbocycles. The third-order valence-corrected chi connectivity index (χ3v) is 4.19. The van der Waals surface area contributed by atoms with E-state index in [4.69, 9.17) is 9.15 Å². The lowest BCUT2D eigenvalue weighted by Gasteiger charge is -2.25. The minimum absolute atomic E-state index is 0.0925. The Morgan fingerprint density at radius 3 is 2.71 bits per heavy atom. The molecule has 0 amide bonds. The Balaban J connectivity index is 2.28. The molecule has 1 atom stereocenters. The second-order valence-electron chi connectivity index (χ2n) is 6.08. The van der Waals surface area contributed by atoms with Crippen LogP contribution in [0.2, 0.25) is 0 Å². The minimum atomic E-state index is -0.237. The lowest BCUT2D eigenvalue weighted by atomic mass is 9.96. The van der Waals surface area contributed by atoms with Crippen LogP contribution >= 0.6 is 0 Å². The molecular weight excluding hydrogens is 269 g/mol. The number of ether oxygens (including phenoxy) is 1. The van der Waals surface area contributed by atoms with E-state index in [1.165, 1.54) is 12.1 Å². The highest BCUT2D eigenvalue weighted by atomic mass is 19.1. The molecule has 21 heavy (non-hydrogen) atoms. The highest BCUT2D eigenvalue weighted by Crippen LogP contribution is 2.33. The van der Waals surface area contributed by atoms with Crippen molar-refractivity contribution in [3.63, 3.8) is 0 Å². The van der Waals surface area contributed by atoms with Crippen molar-refractivity contribution in [2.45, 2.75) is 45.3 Å². The monoisotopic (exact) mass is 293 g/mol. The van der Waals surface area contributed by atoms with Crippen molar-refractivity contribution in [1.82, 2.24) is 5.32 Å². The topological polar surface area (TPSA) is 34.4 Å². The second kappa shape index (κ2) is 6.16. The first kappa shape index (κ1) is 16.0. The molecule has 4 heteroatoms. The summed E-state index contributed by atoms with van der Waals surface area (Å²) >= 11 is 0. The number of methoxy groups -OCH3 is 1. The third-order valence-electron chi connectivity index (χ3n) is 4.19. The molecule has 0 saturated carbocycles. The first-order chi connectivity index (χ1) is 9.88. The van der Waals surface area contributed by atoms with Crippen LogP contribution in [-0.4, -0.2) is 19.8 Å². The summed E-state index contributed by atoms with van der Waals surface area (Å²) in [5.41, 5.74) is 1.57. The minimum Gasteiger partial charge on any atom is -0.459 e. The maximum atomic E-state index is 13.4. The zero-order valence-corrected chi connectivity index (χ0v) is 13.4. The number of halogens is 1. The Labute approximate surface area is 125 Å². The fraction of sp³-hybridized carbons (Fsp3) is 0.529. The van der Waals surface area contributed by atoms with Crippen LogP contribution < -0.4 is 5.32 Å². The van der Waals surface area contributed by atoms with Gasteiger partial charge in [-0.2, -0.15) is 0 Å². The van der Waals surface area contributed by atoms with E-state index in [0.717, 1.165) is 35.1 Å². The SMILES string of the molecule is CNC(CCC(C)(C)OC)c1oc2ccc(F)cc2c1C. The highest BCUT2D eigenvalue weighted by Gasteiger charge is 2.23. The van der Waals surface area contributed by atoms with Crippen LogP contribution in [-0.2, 0) is 4.74 Å². The average molecular weight is 293 g/mol. The van der Waals surface area contributed by atoms with Gasteiger partial charge in [0.05, 0.1) is 11.6 Å². The molecule has 0 aliphatic rings. The molecule has 3 nitrogen and oxygen atoms in total. The van der Waals surface area contributed by atoms with Gasteiger partial charge in [-0.05, 0) is 58.9 Å². The summed E-state index contributed by atoms with van der Waals surface area (Å²) < 4.78 is 24.8. The lowest BCUT2D eigenvalue weighted by Crippen LogP contribution is -2.26. The van der Waals surface area contributed by atoms with E-state index in [1.54, 1.807) is 13.2 Å². The smallest absolute Gasteiger partial charge is 0.134 e. The van der Waals surface area contributed by atoms with Crippen LogP contribution in [0.4, 0.5) is 4.39 Å². The number of fused-ring (bicyclic) bond motifs is 1. The molecule has 1 N–H and O–H groups in total. The number of rotatable bonds is 6. The van der Waals surface area contributed by atoms with E-state index in [-0.39, 0.29) is 17.5 Å². The molecule has 2 rings (SSSR count). The van der Waals surface area contributed by atoms with Gasteiger partial charge in [0.1, 0.15) is 17.2 Å². The Bertz CT molecular complexity index is 619. The maximum Gasteiger partial charge on any atom is 0.134 e. The van der Waals surface area contributed by atoms with Gasteiger partial charge in [-0.25, -0.2) is 4.39 Å². The Morgan fingerprint density at radius 1 is 1.38 bits per heavy atom. The number of nitrogens with one attached hydrogen (secondary N) is 1. The first-order valence-corrected chi connectivity index (χ1v) is 7.29. The number of aryl methyl sites for hydroxylation is 1. The van der Waals surface area contributed by atoms with Gasteiger partial charge in [0.2, 0.25) is 0 Å². The van der Waals surface area contributed by atoms with Gasteiger partial charge in [-0.1, -0.05) is 0 Å². The second-order valence-corrected chi connectivity index (χ2v) is 6.08. The molecule has 0 spiro atoms. The largest absolute Gasteiger partial charge is 0.459 e. The summed E-state index contributed by atoms with van der Waals surface area (Å²) in [7, 11) is 3.64. The molecule has 1 heterocycles. The van der Waals surface area contributed by atoms with Crippen LogP contribution in [0.5, 0.6) is 0 Å². The van der Waals surface area contributed by atoms with Crippen molar-refractivity contribution >= 4 is 11.0 Å². The molecule has 1 aromatic carbocycles. The molecule has 1 unspecified atom stereocenters. The van der Waals surface area contributed by atoms with E-state index in [0.29, 0.717) is 0 Å². The van der Waals surface area contributed by atoms with E-state index in [9.17, 15) is 4.39 Å². The standard InChI is InChI=1S/C17H24FNO2/c1-11-13-10-12(18)6-7-15(13)21-16(11)14(19-4)8-9-17(2,3)20-5/h6-7,10,14,19H,8-9H2,1-5H3. The van der Waals surface area contributed by atoms with E-state index in [1.807, 2.05) is 14.0 Å². The molecule has 1 aromatic heterocycles. The Morgan fingerprint density at radius 2 is 2.10 bits per heavy atom. The number of furan rings is 1. The number of hydrogen-bond acceptors (Lipinski definition) is 3. The van der Waals surface area contributed by atoms with Crippen molar-refractivity contribution in [1.29, 1.82) is 0 Å². The van der Waals surface area contributed by atoms with Gasteiger partial charge in [-0.15, -0.1) is 0 Å². The Hall–Kier alpha value is -1.39. The summed E-state index contributed by atoms with van der Waals surface area (Å²) in [6, 6.07) is 4.74. The van der Waals surface area contributed by atoms with Gasteiger partial charge in [0, 0.05) is 18.1 Å². The Kier molecular flexibility index (Phi) is 4.69. The fourth-order valence-corrected chi connectivity index (χ4v) is 2.54. The van der Waals surface area contributed by atoms with Crippen LogP contribution in [0.1, 0.15) is 44.1 Å². The molecule has 0 radical (unpaired) electrons. The highest BCUT2D eigenvalue weighted by molar-refractivity contribution is 5.82. The quantitative estimate of drug-likeness (QED) is 0.860. The van der Waals surface area contributed by atoms with Crippen molar-refractivity contribution in [3.8, 4) is 0 Å². The van der Waals surface area contributed by atoms with Crippen LogP contribution in [0.25, 0.3) is 11.0 Å². The lowest BCUT2D eigenvalue weighted by molar-refractivity contribution is 0.0114. The van der Waals surface area contributed by atoms with Gasteiger partial charge >= 0.3 is 0 Å². The van der Waals surface area contributed by atoms with Crippen molar-refractivity contribution < 1.29 is 13.5 Å². The van der Waals surface area contributed by atoms with Gasteiger partial charge in [-0.3, -0.25) is 0 Å². The fourth-order valence-electron chi connectivity index (χ4n) is 2.54. The van der Waals surface area contributed by atoms with Crippen molar-refractivity contribution in [3.05, 3.63) is 35.3 Å². The van der Waals surface area contributed by atoms with Gasteiger partial charge in [0.15, 0.2) is 0 Å². The summed E-state index contributed by atoms with van der Waals surface area (Å²) in [5, 5.41) is 4.13. The van der Waals surface area contributed by atoms with Crippen LogP contribution in [0.3, 0.4) is 0 Å². The van der Waals surface area contributed by atoms with E-state index in [2.05, 4.69) is 19.2 Å². The number of hydrogen-bond donors (Lipinski definition) is 1. The van der Waals surface area contributed by atoms with E-state index >= 15 is 0 Å². The average Bonchev–Trinajstić information content (AvgIpc) is 2.77. The normalized spacial score (nSPS) is 13.8. The summed E-state index contributed by atoms with van der Waals surface area (Å²) in [5.74, 6) is 0.643. The van der Waals surface area contributed by atoms with Crippen LogP contribution in [0.15, 0.2) is 22.6 Å². The first-order valence-electron chi connectivity index (χ1n) is 7.29. The molecule has 0 saturated heterocycles. The van der Waals surface area contributed by atoms with Crippen molar-refractivity contribution in [2.75, 3.05) is 14.2 Å². The molecule has 0 bridgehead atoms. The predicted octanol–water partition coefficient (Wildman–Crippen LogP) is 4.35. The predicted molar refractivity (Wildman–Crippen MR) is 83.0 cm³/mol. The molecule has 116 valence electrons. The molecule has 0 aliphatic heterocycles. The summed E-state index contributed by atoms with van der Waals surface area (Å²) in [6.45, 7) is 6.12. The maximum absolute atomic E-state index is 13.4. The zero-order valence-electron chi connectivity index (χ0n) is 13.4. The molecule has 2 aromatic rings. The zero-order chi connectivity index (χ0) is 15.6. The number of benzene rings is 1. The van der Waals surface area contributed by atoms with Gasteiger partial charge in [0.25, 0.3) is 0 Å². The third kappa shape index (κ3) is 3.44. The molecule has 0 fully saturated rings. The summed E-state index contributed by atoms with van der Waals surface area (Å²) in [6.07, 6.45) is 1.79. The van der Waals surface area contributed by atoms with Crippen LogP contribution in [0, 0.1) is 12.7 Å². The van der Waals surface area contributed by atoms with E-state index < -0.39 is 0 Å². The summed E-state index contributed by atoms with van der Waals surface area (Å²) in [4.78, 5) is 0. The van der Waals surface area contributed by atoms with Crippen molar-refractivity contribution in [2.24, 2.45) is 0 Å². The molecular formula is C17H24FNO2.